The molecule has 3 rings (SSSR count). The van der Waals surface area contributed by atoms with E-state index in [0.29, 0.717) is 28.1 Å². The monoisotopic (exact) mass is 526 g/mol. The van der Waals surface area contributed by atoms with Crippen LogP contribution in [0.1, 0.15) is 5.56 Å². The van der Waals surface area contributed by atoms with Crippen LogP contribution < -0.4 is 9.62 Å². The molecule has 174 valence electrons. The molecule has 0 saturated heterocycles. The first-order valence-electron chi connectivity index (χ1n) is 9.90. The van der Waals surface area contributed by atoms with Crippen LogP contribution in [0, 0.1) is 5.82 Å². The van der Waals surface area contributed by atoms with Gasteiger partial charge in [-0.05, 0) is 42.0 Å². The summed E-state index contributed by atoms with van der Waals surface area (Å²) in [6.45, 7) is -0.239. The molecule has 5 nitrogen and oxygen atoms in total. The fraction of sp³-hybridized carbons (Fsp3) is 0.174. The minimum Gasteiger partial charge on any atom is -0.354 e. The van der Waals surface area contributed by atoms with E-state index >= 15 is 0 Å². The lowest BCUT2D eigenvalue weighted by atomic mass is 10.2. The lowest BCUT2D eigenvalue weighted by Crippen LogP contribution is -2.41. The number of carbonyl (C=O) groups excluding carboxylic acids is 1. The molecular formula is C23H21Cl2FN2O3S2. The summed E-state index contributed by atoms with van der Waals surface area (Å²) in [5.41, 5.74) is 0.736. The summed E-state index contributed by atoms with van der Waals surface area (Å²) >= 11 is 13.6. The molecule has 0 spiro atoms. The number of nitrogens with zero attached hydrogens (tertiary/aromatic N) is 1. The van der Waals surface area contributed by atoms with Gasteiger partial charge in [-0.15, -0.1) is 0 Å². The third-order valence-corrected chi connectivity index (χ3v) is 7.95. The Hall–Kier alpha value is -2.26. The standard InChI is InChI=1S/C23H21Cl2FN2O3S2/c24-18-11-10-17(20(25)14-18)16-32-13-12-27-23(29)15-28(22-9-5-4-8-21(22)26)33(30,31)19-6-2-1-3-7-19/h1-11,14H,12-13,15-16H2,(H,27,29). The van der Waals surface area contributed by atoms with Crippen LogP contribution in [0.15, 0.2) is 77.7 Å². The molecule has 0 bridgehead atoms. The fourth-order valence-corrected chi connectivity index (χ4v) is 5.81. The molecular weight excluding hydrogens is 506 g/mol. The highest BCUT2D eigenvalue weighted by Crippen LogP contribution is 2.26. The van der Waals surface area contributed by atoms with Gasteiger partial charge in [0, 0.05) is 28.1 Å². The van der Waals surface area contributed by atoms with E-state index in [1.165, 1.54) is 30.3 Å². The lowest BCUT2D eigenvalue weighted by molar-refractivity contribution is -0.119. The summed E-state index contributed by atoms with van der Waals surface area (Å²) in [6, 6.07) is 18.3. The van der Waals surface area contributed by atoms with Gasteiger partial charge in [-0.2, -0.15) is 11.8 Å². The summed E-state index contributed by atoms with van der Waals surface area (Å²) in [5, 5.41) is 3.83. The summed E-state index contributed by atoms with van der Waals surface area (Å²) in [4.78, 5) is 12.5. The number of amides is 1. The Balaban J connectivity index is 1.63. The molecule has 0 aromatic heterocycles. The molecule has 0 aliphatic rings. The Morgan fingerprint density at radius 2 is 1.70 bits per heavy atom. The zero-order valence-corrected chi connectivity index (χ0v) is 20.5. The molecule has 0 fully saturated rings. The van der Waals surface area contributed by atoms with Crippen molar-refractivity contribution in [2.24, 2.45) is 0 Å². The Morgan fingerprint density at radius 3 is 2.39 bits per heavy atom. The van der Waals surface area contributed by atoms with E-state index in [-0.39, 0.29) is 10.6 Å². The number of sulfonamides is 1. The number of hydrogen-bond acceptors (Lipinski definition) is 4. The topological polar surface area (TPSA) is 66.5 Å². The maximum absolute atomic E-state index is 14.4. The molecule has 0 heterocycles. The van der Waals surface area contributed by atoms with Crippen molar-refractivity contribution in [3.63, 3.8) is 0 Å². The van der Waals surface area contributed by atoms with Crippen molar-refractivity contribution in [1.82, 2.24) is 5.32 Å². The number of nitrogens with one attached hydrogen (secondary N) is 1. The van der Waals surface area contributed by atoms with Crippen molar-refractivity contribution in [1.29, 1.82) is 0 Å². The van der Waals surface area contributed by atoms with Crippen LogP contribution in [0.4, 0.5) is 10.1 Å². The van der Waals surface area contributed by atoms with Crippen LogP contribution >= 0.6 is 35.0 Å². The van der Waals surface area contributed by atoms with Gasteiger partial charge < -0.3 is 5.32 Å². The van der Waals surface area contributed by atoms with Crippen LogP contribution in [-0.4, -0.2) is 33.2 Å². The summed E-state index contributed by atoms with van der Waals surface area (Å²) in [5.74, 6) is -0.0612. The number of carbonyl (C=O) groups is 1. The SMILES string of the molecule is O=C(CN(c1ccccc1F)S(=O)(=O)c1ccccc1)NCCSCc1ccc(Cl)cc1Cl. The summed E-state index contributed by atoms with van der Waals surface area (Å²) in [6.07, 6.45) is 0. The Bertz CT molecular complexity index is 1210. The van der Waals surface area contributed by atoms with E-state index < -0.39 is 28.3 Å². The van der Waals surface area contributed by atoms with Crippen molar-refractivity contribution in [3.05, 3.63) is 94.2 Å². The number of halogens is 3. The fourth-order valence-electron chi connectivity index (χ4n) is 2.94. The van der Waals surface area contributed by atoms with Crippen molar-refractivity contribution in [3.8, 4) is 0 Å². The Kier molecular flexibility index (Phi) is 9.02. The third kappa shape index (κ3) is 6.86. The predicted molar refractivity (Wildman–Crippen MR) is 133 cm³/mol. The largest absolute Gasteiger partial charge is 0.354 e. The maximum Gasteiger partial charge on any atom is 0.264 e. The van der Waals surface area contributed by atoms with Crippen molar-refractivity contribution in [2.75, 3.05) is 23.1 Å². The van der Waals surface area contributed by atoms with E-state index in [4.69, 9.17) is 23.2 Å². The number of thioether (sulfide) groups is 1. The van der Waals surface area contributed by atoms with E-state index in [1.807, 2.05) is 6.07 Å². The molecule has 3 aromatic rings. The molecule has 33 heavy (non-hydrogen) atoms. The third-order valence-electron chi connectivity index (χ3n) is 4.58. The quantitative estimate of drug-likeness (QED) is 0.360. The van der Waals surface area contributed by atoms with Gasteiger partial charge in [0.15, 0.2) is 0 Å². The second-order valence-corrected chi connectivity index (χ2v) is 10.7. The highest BCUT2D eigenvalue weighted by atomic mass is 35.5. The van der Waals surface area contributed by atoms with Gasteiger partial charge in [0.1, 0.15) is 12.4 Å². The molecule has 0 aliphatic heterocycles. The zero-order chi connectivity index (χ0) is 23.8. The van der Waals surface area contributed by atoms with Crippen LogP contribution in [-0.2, 0) is 20.6 Å². The average Bonchev–Trinajstić information content (AvgIpc) is 2.79. The molecule has 1 amide bonds. The van der Waals surface area contributed by atoms with Crippen LogP contribution in [0.25, 0.3) is 0 Å². The first-order chi connectivity index (χ1) is 15.8. The summed E-state index contributed by atoms with van der Waals surface area (Å²) < 4.78 is 41.6. The Morgan fingerprint density at radius 1 is 1.00 bits per heavy atom. The van der Waals surface area contributed by atoms with Crippen molar-refractivity contribution >= 4 is 56.6 Å². The molecule has 0 radical (unpaired) electrons. The molecule has 0 atom stereocenters. The molecule has 0 unspecified atom stereocenters. The van der Waals surface area contributed by atoms with Gasteiger partial charge in [-0.25, -0.2) is 12.8 Å². The normalized spacial score (nSPS) is 11.2. The maximum atomic E-state index is 14.4. The van der Waals surface area contributed by atoms with Crippen LogP contribution in [0.3, 0.4) is 0 Å². The summed E-state index contributed by atoms with van der Waals surface area (Å²) in [7, 11) is -4.15. The highest BCUT2D eigenvalue weighted by Gasteiger charge is 2.28. The van der Waals surface area contributed by atoms with Crippen LogP contribution in [0.2, 0.25) is 10.0 Å². The smallest absolute Gasteiger partial charge is 0.264 e. The van der Waals surface area contributed by atoms with Crippen molar-refractivity contribution in [2.45, 2.75) is 10.6 Å². The first kappa shape index (κ1) is 25.4. The first-order valence-corrected chi connectivity index (χ1v) is 13.2. The van der Waals surface area contributed by atoms with E-state index in [2.05, 4.69) is 5.32 Å². The van der Waals surface area contributed by atoms with Gasteiger partial charge in [0.2, 0.25) is 5.91 Å². The minimum absolute atomic E-state index is 0.0311. The second-order valence-electron chi connectivity index (χ2n) is 6.91. The van der Waals surface area contributed by atoms with E-state index in [9.17, 15) is 17.6 Å². The van der Waals surface area contributed by atoms with Gasteiger partial charge in [0.05, 0.1) is 10.6 Å². The van der Waals surface area contributed by atoms with Gasteiger partial charge in [-0.3, -0.25) is 9.10 Å². The van der Waals surface area contributed by atoms with E-state index in [0.717, 1.165) is 15.9 Å². The zero-order valence-electron chi connectivity index (χ0n) is 17.4. The highest BCUT2D eigenvalue weighted by molar-refractivity contribution is 7.98. The molecule has 0 saturated carbocycles. The molecule has 3 aromatic carbocycles. The Labute approximate surface area is 206 Å². The predicted octanol–water partition coefficient (Wildman–Crippen LogP) is 5.38. The molecule has 10 heteroatoms. The molecule has 0 aliphatic carbocycles. The number of hydrogen-bond donors (Lipinski definition) is 1. The van der Waals surface area contributed by atoms with Gasteiger partial charge >= 0.3 is 0 Å². The second kappa shape index (κ2) is 11.7. The number of benzene rings is 3. The number of rotatable bonds is 10. The average molecular weight is 527 g/mol. The number of anilines is 1. The van der Waals surface area contributed by atoms with Crippen LogP contribution in [0.5, 0.6) is 0 Å². The van der Waals surface area contributed by atoms with E-state index in [1.54, 1.807) is 42.1 Å². The number of para-hydroxylation sites is 1. The van der Waals surface area contributed by atoms with Crippen molar-refractivity contribution < 1.29 is 17.6 Å². The van der Waals surface area contributed by atoms with Gasteiger partial charge in [0.25, 0.3) is 10.0 Å². The minimum atomic E-state index is -4.15. The van der Waals surface area contributed by atoms with Gasteiger partial charge in [-0.1, -0.05) is 59.6 Å². The molecule has 1 N–H and O–H groups in total. The lowest BCUT2D eigenvalue weighted by Gasteiger charge is -2.24.